The lowest BCUT2D eigenvalue weighted by molar-refractivity contribution is 0.0106. The highest BCUT2D eigenvalue weighted by Crippen LogP contribution is 2.39. The Hall–Kier alpha value is -4.46. The number of ketones is 1. The van der Waals surface area contributed by atoms with E-state index in [9.17, 15) is 9.59 Å². The first-order chi connectivity index (χ1) is 24.4. The highest BCUT2D eigenvalue weighted by molar-refractivity contribution is 5.94. The van der Waals surface area contributed by atoms with Crippen molar-refractivity contribution in [1.29, 1.82) is 0 Å². The van der Waals surface area contributed by atoms with E-state index >= 15 is 0 Å². The van der Waals surface area contributed by atoms with E-state index in [4.69, 9.17) is 14.2 Å². The monoisotopic (exact) mass is 698 g/mol. The summed E-state index contributed by atoms with van der Waals surface area (Å²) in [6.07, 6.45) is 5.06. The minimum atomic E-state index is -0.630. The second-order valence-corrected chi connectivity index (χ2v) is 14.8. The van der Waals surface area contributed by atoms with Crippen LogP contribution in [0.2, 0.25) is 0 Å². The number of carbonyl (C=O) groups excluding carboxylic acids is 2. The molecule has 2 N–H and O–H groups in total. The standard InChI is InChI=1S/C38H50N8O5/c1-37(2,3)31-23-32(41-34(40-31)29(47)13-9-18-45-19-10-21-50-22-20-45)42-36(48)39-28-15-16-30(27-12-8-7-11-26(27)28)51-25-14-17-33-43-44-35(46(33)24-25)38(4,5)49-6/h7-8,11-12,14,17,23-24,28,30H,9-10,13,15-16,18-22H2,1-6H3,(H2,39,40,41,42,48)/t28-,30+/m0/s1. The van der Waals surface area contributed by atoms with E-state index in [2.05, 4.69) is 35.7 Å². The van der Waals surface area contributed by atoms with Gasteiger partial charge >= 0.3 is 6.03 Å². The number of methoxy groups -OCH3 is 1. The summed E-state index contributed by atoms with van der Waals surface area (Å²) in [6, 6.07) is 12.9. The summed E-state index contributed by atoms with van der Waals surface area (Å²) in [7, 11) is 1.65. The van der Waals surface area contributed by atoms with E-state index < -0.39 is 11.6 Å². The second kappa shape index (κ2) is 15.4. The Labute approximate surface area is 299 Å². The first-order valence-electron chi connectivity index (χ1n) is 17.9. The summed E-state index contributed by atoms with van der Waals surface area (Å²) < 4.78 is 19.6. The Morgan fingerprint density at radius 3 is 2.57 bits per heavy atom. The minimum absolute atomic E-state index is 0.127. The number of hydrogen-bond acceptors (Lipinski definition) is 10. The molecule has 0 radical (unpaired) electrons. The van der Waals surface area contributed by atoms with Crippen LogP contribution >= 0.6 is 0 Å². The Balaban J connectivity index is 1.13. The van der Waals surface area contributed by atoms with Crippen molar-refractivity contribution in [3.05, 3.63) is 77.1 Å². The number of carbonyl (C=O) groups is 2. The highest BCUT2D eigenvalue weighted by Gasteiger charge is 2.31. The summed E-state index contributed by atoms with van der Waals surface area (Å²) in [6.45, 7) is 14.1. The smallest absolute Gasteiger partial charge is 0.320 e. The molecule has 51 heavy (non-hydrogen) atoms. The zero-order valence-corrected chi connectivity index (χ0v) is 30.6. The molecule has 0 bridgehead atoms. The van der Waals surface area contributed by atoms with Crippen molar-refractivity contribution in [1.82, 2.24) is 34.8 Å². The molecule has 1 saturated heterocycles. The quantitative estimate of drug-likeness (QED) is 0.175. The first kappa shape index (κ1) is 36.3. The van der Waals surface area contributed by atoms with E-state index in [-0.39, 0.29) is 29.2 Å². The molecule has 1 aromatic carbocycles. The number of fused-ring (bicyclic) bond motifs is 2. The summed E-state index contributed by atoms with van der Waals surface area (Å²) >= 11 is 0. The molecule has 0 saturated carbocycles. The number of benzene rings is 1. The lowest BCUT2D eigenvalue weighted by atomic mass is 9.85. The molecule has 13 heteroatoms. The second-order valence-electron chi connectivity index (χ2n) is 14.8. The molecule has 0 unspecified atom stereocenters. The number of pyridine rings is 1. The Kier molecular flexibility index (Phi) is 11.0. The van der Waals surface area contributed by atoms with E-state index in [1.807, 2.05) is 81.6 Å². The molecule has 13 nitrogen and oxygen atoms in total. The Bertz CT molecular complexity index is 1840. The molecule has 2 amide bonds. The lowest BCUT2D eigenvalue weighted by Gasteiger charge is -2.32. The maximum absolute atomic E-state index is 13.5. The summed E-state index contributed by atoms with van der Waals surface area (Å²) in [5, 5.41) is 14.7. The molecule has 6 rings (SSSR count). The Morgan fingerprint density at radius 1 is 0.980 bits per heavy atom. The third-order valence-electron chi connectivity index (χ3n) is 9.62. The zero-order chi connectivity index (χ0) is 36.2. The number of urea groups is 1. The van der Waals surface area contributed by atoms with Crippen LogP contribution in [0.15, 0.2) is 48.7 Å². The zero-order valence-electron chi connectivity index (χ0n) is 30.6. The lowest BCUT2D eigenvalue weighted by Crippen LogP contribution is -2.36. The number of Topliss-reactive ketones (excluding diaryl/α,β-unsaturated/α-hetero) is 1. The van der Waals surface area contributed by atoms with E-state index in [1.54, 1.807) is 13.2 Å². The summed E-state index contributed by atoms with van der Waals surface area (Å²) in [4.78, 5) is 38.2. The number of hydrogen-bond donors (Lipinski definition) is 2. The van der Waals surface area contributed by atoms with Gasteiger partial charge < -0.3 is 24.4 Å². The molecule has 1 aliphatic carbocycles. The number of nitrogens with zero attached hydrogens (tertiary/aromatic N) is 6. The fourth-order valence-corrected chi connectivity index (χ4v) is 6.56. The number of amides is 2. The molecular weight excluding hydrogens is 648 g/mol. The third kappa shape index (κ3) is 8.71. The van der Waals surface area contributed by atoms with Crippen LogP contribution in [-0.4, -0.2) is 81.2 Å². The summed E-state index contributed by atoms with van der Waals surface area (Å²) in [5.41, 5.74) is 2.40. The van der Waals surface area contributed by atoms with Crippen LogP contribution in [0.25, 0.3) is 5.65 Å². The van der Waals surface area contributed by atoms with Crippen molar-refractivity contribution in [3.8, 4) is 5.75 Å². The SMILES string of the molecule is COC(C)(C)c1nnc2ccc(O[C@@H]3CC[C@H](NC(=O)Nc4cc(C(C)(C)C)nc(C(=O)CCCN5CCCOCC5)n4)c4ccccc43)cn12. The number of nitrogens with one attached hydrogen (secondary N) is 2. The average Bonchev–Trinajstić information content (AvgIpc) is 3.37. The molecule has 272 valence electrons. The van der Waals surface area contributed by atoms with E-state index in [0.29, 0.717) is 54.4 Å². The minimum Gasteiger partial charge on any atom is -0.484 e. The van der Waals surface area contributed by atoms with E-state index in [0.717, 1.165) is 50.4 Å². The number of rotatable bonds is 11. The fraction of sp³-hybridized carbons (Fsp3) is 0.526. The molecule has 4 aromatic rings. The van der Waals surface area contributed by atoms with Gasteiger partial charge in [0.2, 0.25) is 0 Å². The van der Waals surface area contributed by atoms with Gasteiger partial charge in [-0.3, -0.25) is 14.5 Å². The van der Waals surface area contributed by atoms with Crippen LogP contribution in [0.3, 0.4) is 0 Å². The van der Waals surface area contributed by atoms with Crippen molar-refractivity contribution in [2.75, 3.05) is 45.3 Å². The van der Waals surface area contributed by atoms with Crippen molar-refractivity contribution < 1.29 is 23.8 Å². The first-order valence-corrected chi connectivity index (χ1v) is 17.9. The Morgan fingerprint density at radius 2 is 1.78 bits per heavy atom. The predicted molar refractivity (Wildman–Crippen MR) is 193 cm³/mol. The van der Waals surface area contributed by atoms with Crippen LogP contribution in [0, 0.1) is 0 Å². The molecule has 2 aliphatic rings. The van der Waals surface area contributed by atoms with Gasteiger partial charge in [-0.1, -0.05) is 45.0 Å². The van der Waals surface area contributed by atoms with Crippen LogP contribution in [0.5, 0.6) is 5.75 Å². The van der Waals surface area contributed by atoms with Crippen LogP contribution in [0.1, 0.15) is 112 Å². The molecule has 2 atom stereocenters. The van der Waals surface area contributed by atoms with Gasteiger partial charge in [-0.2, -0.15) is 0 Å². The molecule has 1 fully saturated rings. The van der Waals surface area contributed by atoms with E-state index in [1.165, 1.54) is 0 Å². The maximum atomic E-state index is 13.5. The van der Waals surface area contributed by atoms with Gasteiger partial charge in [0.15, 0.2) is 23.1 Å². The molecule has 1 aliphatic heterocycles. The van der Waals surface area contributed by atoms with Gasteiger partial charge in [0.05, 0.1) is 24.5 Å². The number of ether oxygens (including phenoxy) is 3. The molecule has 0 spiro atoms. The molecular formula is C38H50N8O5. The van der Waals surface area contributed by atoms with Crippen LogP contribution in [0.4, 0.5) is 10.6 Å². The van der Waals surface area contributed by atoms with Crippen molar-refractivity contribution in [3.63, 3.8) is 0 Å². The maximum Gasteiger partial charge on any atom is 0.320 e. The largest absolute Gasteiger partial charge is 0.484 e. The number of aromatic nitrogens is 5. The third-order valence-corrected chi connectivity index (χ3v) is 9.62. The van der Waals surface area contributed by atoms with Crippen LogP contribution in [-0.2, 0) is 20.5 Å². The number of anilines is 1. The average molecular weight is 699 g/mol. The van der Waals surface area contributed by atoms with Gasteiger partial charge in [-0.15, -0.1) is 10.2 Å². The van der Waals surface area contributed by atoms with Gasteiger partial charge in [0.25, 0.3) is 0 Å². The van der Waals surface area contributed by atoms with Gasteiger partial charge in [0.1, 0.15) is 23.3 Å². The summed E-state index contributed by atoms with van der Waals surface area (Å²) in [5.74, 6) is 1.65. The fourth-order valence-electron chi connectivity index (χ4n) is 6.56. The normalized spacial score (nSPS) is 18.5. The highest BCUT2D eigenvalue weighted by atomic mass is 16.5. The predicted octanol–water partition coefficient (Wildman–Crippen LogP) is 6.16. The van der Waals surface area contributed by atoms with Crippen molar-refractivity contribution in [2.45, 2.75) is 89.9 Å². The van der Waals surface area contributed by atoms with Crippen LogP contribution < -0.4 is 15.4 Å². The van der Waals surface area contributed by atoms with Gasteiger partial charge in [0, 0.05) is 44.7 Å². The van der Waals surface area contributed by atoms with Gasteiger partial charge in [-0.05, 0) is 69.3 Å². The van der Waals surface area contributed by atoms with Gasteiger partial charge in [-0.25, -0.2) is 14.8 Å². The molecule has 3 aromatic heterocycles. The van der Waals surface area contributed by atoms with Crippen molar-refractivity contribution in [2.24, 2.45) is 0 Å². The molecule has 4 heterocycles. The van der Waals surface area contributed by atoms with Crippen molar-refractivity contribution >= 4 is 23.3 Å². The topological polar surface area (TPSA) is 145 Å².